The van der Waals surface area contributed by atoms with E-state index in [0.29, 0.717) is 11.3 Å². The van der Waals surface area contributed by atoms with Gasteiger partial charge in [-0.25, -0.2) is 4.99 Å². The number of benzene rings is 2. The third-order valence-electron chi connectivity index (χ3n) is 3.62. The van der Waals surface area contributed by atoms with E-state index in [1.165, 1.54) is 0 Å². The summed E-state index contributed by atoms with van der Waals surface area (Å²) in [4.78, 5) is 6.51. The Morgan fingerprint density at radius 3 is 2.09 bits per heavy atom. The highest BCUT2D eigenvalue weighted by atomic mass is 32.1. The van der Waals surface area contributed by atoms with Gasteiger partial charge in [0.05, 0.1) is 11.4 Å². The van der Waals surface area contributed by atoms with Gasteiger partial charge in [0.25, 0.3) is 0 Å². The van der Waals surface area contributed by atoms with Crippen LogP contribution in [0.1, 0.15) is 11.1 Å². The van der Waals surface area contributed by atoms with Gasteiger partial charge in [0.2, 0.25) is 0 Å². The number of aliphatic imine (C=N–C) groups is 1. The molecule has 0 spiro atoms. The van der Waals surface area contributed by atoms with Crippen molar-refractivity contribution in [3.8, 4) is 6.07 Å². The van der Waals surface area contributed by atoms with Crippen molar-refractivity contribution in [1.82, 2.24) is 4.90 Å². The molecule has 1 aliphatic rings. The highest BCUT2D eigenvalue weighted by molar-refractivity contribution is 7.80. The monoisotopic (exact) mass is 305 g/mol. The number of rotatable bonds is 2. The first-order valence-electron chi connectivity index (χ1n) is 6.96. The molecule has 0 aliphatic carbocycles. The molecule has 0 radical (unpaired) electrons. The average Bonchev–Trinajstić information content (AvgIpc) is 2.58. The molecular formula is C18H15N3S. The Morgan fingerprint density at radius 2 is 1.55 bits per heavy atom. The molecule has 3 nitrogen and oxygen atoms in total. The predicted octanol–water partition coefficient (Wildman–Crippen LogP) is 3.57. The quantitative estimate of drug-likeness (QED) is 0.862. The largest absolute Gasteiger partial charge is 0.343 e. The lowest BCUT2D eigenvalue weighted by atomic mass is 9.96. The van der Waals surface area contributed by atoms with Crippen LogP contribution in [0.3, 0.4) is 0 Å². The summed E-state index contributed by atoms with van der Waals surface area (Å²) in [6, 6.07) is 22.0. The van der Waals surface area contributed by atoms with Gasteiger partial charge in [-0.05, 0) is 5.56 Å². The van der Waals surface area contributed by atoms with Gasteiger partial charge in [-0.3, -0.25) is 0 Å². The number of nitriles is 1. The minimum absolute atomic E-state index is 0.317. The first-order valence-corrected chi connectivity index (χ1v) is 7.48. The molecule has 108 valence electrons. The molecule has 0 amide bonds. The molecule has 1 heterocycles. The molecule has 1 unspecified atom stereocenters. The third-order valence-corrected chi connectivity index (χ3v) is 4.09. The Morgan fingerprint density at radius 1 is 1.00 bits per heavy atom. The van der Waals surface area contributed by atoms with Crippen LogP contribution in [-0.4, -0.2) is 23.2 Å². The van der Waals surface area contributed by atoms with Crippen LogP contribution < -0.4 is 0 Å². The average molecular weight is 305 g/mol. The SMILES string of the molecule is CN1C(c2ccccc2)=C(C#N)C(c2ccccc2)=NC1S. The molecule has 0 N–H and O–H groups in total. The third kappa shape index (κ3) is 2.51. The molecule has 22 heavy (non-hydrogen) atoms. The number of hydrogen-bond acceptors (Lipinski definition) is 4. The van der Waals surface area contributed by atoms with E-state index in [0.717, 1.165) is 16.8 Å². The molecule has 0 bridgehead atoms. The zero-order valence-corrected chi connectivity index (χ0v) is 13.0. The van der Waals surface area contributed by atoms with E-state index in [1.807, 2.05) is 72.6 Å². The highest BCUT2D eigenvalue weighted by Crippen LogP contribution is 2.31. The fourth-order valence-electron chi connectivity index (χ4n) is 2.54. The molecule has 4 heteroatoms. The van der Waals surface area contributed by atoms with Crippen LogP contribution in [-0.2, 0) is 0 Å². The molecule has 0 saturated heterocycles. The summed E-state index contributed by atoms with van der Waals surface area (Å²) in [5, 5.41) is 9.72. The normalized spacial score (nSPS) is 18.0. The fraction of sp³-hybridized carbons (Fsp3) is 0.111. The van der Waals surface area contributed by atoms with Crippen molar-refractivity contribution in [2.75, 3.05) is 7.05 Å². The molecule has 1 atom stereocenters. The Labute approximate surface area is 135 Å². The summed E-state index contributed by atoms with van der Waals surface area (Å²) in [5.41, 5.74) is 3.73. The van der Waals surface area contributed by atoms with Gasteiger partial charge < -0.3 is 4.90 Å². The van der Waals surface area contributed by atoms with E-state index in [1.54, 1.807) is 0 Å². The van der Waals surface area contributed by atoms with Gasteiger partial charge in [-0.1, -0.05) is 60.7 Å². The number of hydrogen-bond donors (Lipinski definition) is 1. The van der Waals surface area contributed by atoms with E-state index in [-0.39, 0.29) is 5.50 Å². The minimum atomic E-state index is -0.317. The van der Waals surface area contributed by atoms with Crippen LogP contribution in [0.4, 0.5) is 0 Å². The minimum Gasteiger partial charge on any atom is -0.343 e. The first kappa shape index (κ1) is 14.4. The standard InChI is InChI=1S/C18H15N3S/c1-21-17(14-10-6-3-7-11-14)15(12-19)16(20-18(21)22)13-8-4-2-5-9-13/h2-11,18,22H,1H3. The van der Waals surface area contributed by atoms with Gasteiger partial charge in [0, 0.05) is 12.6 Å². The van der Waals surface area contributed by atoms with E-state index in [2.05, 4.69) is 23.7 Å². The van der Waals surface area contributed by atoms with E-state index < -0.39 is 0 Å². The second-order valence-corrected chi connectivity index (χ2v) is 5.46. The summed E-state index contributed by atoms with van der Waals surface area (Å²) in [6.07, 6.45) is 0. The van der Waals surface area contributed by atoms with E-state index >= 15 is 0 Å². The fourth-order valence-corrected chi connectivity index (χ4v) is 2.77. The van der Waals surface area contributed by atoms with Crippen molar-refractivity contribution in [3.63, 3.8) is 0 Å². The van der Waals surface area contributed by atoms with Gasteiger partial charge in [-0.15, -0.1) is 12.6 Å². The summed E-state index contributed by atoms with van der Waals surface area (Å²) in [7, 11) is 1.91. The molecule has 0 aromatic heterocycles. The van der Waals surface area contributed by atoms with Gasteiger partial charge in [0.1, 0.15) is 11.6 Å². The van der Waals surface area contributed by atoms with Crippen LogP contribution in [0.5, 0.6) is 0 Å². The smallest absolute Gasteiger partial charge is 0.166 e. The van der Waals surface area contributed by atoms with Crippen molar-refractivity contribution < 1.29 is 0 Å². The maximum Gasteiger partial charge on any atom is 0.166 e. The Balaban J connectivity index is 2.22. The molecular weight excluding hydrogens is 290 g/mol. The zero-order chi connectivity index (χ0) is 15.5. The second-order valence-electron chi connectivity index (χ2n) is 5.00. The van der Waals surface area contributed by atoms with E-state index in [9.17, 15) is 5.26 Å². The summed E-state index contributed by atoms with van der Waals surface area (Å²) >= 11 is 4.55. The Kier molecular flexibility index (Phi) is 3.99. The van der Waals surface area contributed by atoms with Gasteiger partial charge in [-0.2, -0.15) is 5.26 Å². The topological polar surface area (TPSA) is 39.4 Å². The van der Waals surface area contributed by atoms with E-state index in [4.69, 9.17) is 0 Å². The van der Waals surface area contributed by atoms with Crippen molar-refractivity contribution in [3.05, 3.63) is 77.4 Å². The molecule has 2 aromatic carbocycles. The lowest BCUT2D eigenvalue weighted by molar-refractivity contribution is 0.458. The van der Waals surface area contributed by atoms with Crippen LogP contribution >= 0.6 is 12.6 Å². The Hall–Kier alpha value is -2.51. The lowest BCUT2D eigenvalue weighted by Crippen LogP contribution is -2.32. The van der Waals surface area contributed by atoms with Crippen LogP contribution in [0, 0.1) is 11.3 Å². The van der Waals surface area contributed by atoms with Crippen LogP contribution in [0.25, 0.3) is 5.70 Å². The van der Waals surface area contributed by atoms with Crippen molar-refractivity contribution in [2.24, 2.45) is 4.99 Å². The summed E-state index contributed by atoms with van der Waals surface area (Å²) in [6.45, 7) is 0. The Bertz CT molecular complexity index is 773. The maximum absolute atomic E-state index is 9.72. The molecule has 2 aromatic rings. The van der Waals surface area contributed by atoms with Crippen LogP contribution in [0.2, 0.25) is 0 Å². The highest BCUT2D eigenvalue weighted by Gasteiger charge is 2.27. The molecule has 0 saturated carbocycles. The van der Waals surface area contributed by atoms with Crippen LogP contribution in [0.15, 0.2) is 71.2 Å². The van der Waals surface area contributed by atoms with Crippen molar-refractivity contribution in [1.29, 1.82) is 5.26 Å². The first-order chi connectivity index (χ1) is 10.7. The van der Waals surface area contributed by atoms with Gasteiger partial charge in [0.15, 0.2) is 5.50 Å². The molecule has 0 fully saturated rings. The molecule has 1 aliphatic heterocycles. The zero-order valence-electron chi connectivity index (χ0n) is 12.1. The van der Waals surface area contributed by atoms with Crippen molar-refractivity contribution >= 4 is 24.0 Å². The second kappa shape index (κ2) is 6.08. The summed E-state index contributed by atoms with van der Waals surface area (Å²) < 4.78 is 0. The lowest BCUT2D eigenvalue weighted by Gasteiger charge is -2.32. The maximum atomic E-state index is 9.72. The predicted molar refractivity (Wildman–Crippen MR) is 92.5 cm³/mol. The van der Waals surface area contributed by atoms with Crippen molar-refractivity contribution in [2.45, 2.75) is 5.50 Å². The number of thiol groups is 1. The van der Waals surface area contributed by atoms with Gasteiger partial charge >= 0.3 is 0 Å². The molecule has 3 rings (SSSR count). The number of nitrogens with zero attached hydrogens (tertiary/aromatic N) is 3. The summed E-state index contributed by atoms with van der Waals surface area (Å²) in [5.74, 6) is 0. The number of allylic oxidation sites excluding steroid dienone is 1.